The van der Waals surface area contributed by atoms with Crippen molar-refractivity contribution in [1.82, 2.24) is 10.2 Å². The van der Waals surface area contributed by atoms with Gasteiger partial charge in [0, 0.05) is 32.2 Å². The van der Waals surface area contributed by atoms with Gasteiger partial charge in [0.2, 0.25) is 0 Å². The van der Waals surface area contributed by atoms with Crippen LogP contribution in [0.5, 0.6) is 5.75 Å². The Labute approximate surface area is 145 Å². The highest BCUT2D eigenvalue weighted by Crippen LogP contribution is 2.38. The fraction of sp³-hybridized carbons (Fsp3) is 0.632. The molecule has 2 atom stereocenters. The predicted octanol–water partition coefficient (Wildman–Crippen LogP) is 2.45. The second-order valence-electron chi connectivity index (χ2n) is 7.10. The van der Waals surface area contributed by atoms with Gasteiger partial charge in [-0.15, -0.1) is 0 Å². The molecule has 132 valence electrons. The highest BCUT2D eigenvalue weighted by atomic mass is 16.5. The van der Waals surface area contributed by atoms with E-state index in [2.05, 4.69) is 35.1 Å². The number of rotatable bonds is 4. The third kappa shape index (κ3) is 3.83. The number of aryl methyl sites for hydroxylation is 1. The molecule has 1 N–H and O–H groups in total. The molecule has 0 saturated carbocycles. The van der Waals surface area contributed by atoms with Crippen LogP contribution in [0.2, 0.25) is 0 Å². The first-order valence-electron chi connectivity index (χ1n) is 8.87. The second kappa shape index (κ2) is 7.43. The number of para-hydroxylation sites is 1. The molecule has 1 spiro atoms. The molecule has 0 amide bonds. The Hall–Kier alpha value is -1.75. The maximum atomic E-state index is 6.04. The first-order chi connectivity index (χ1) is 11.6. The van der Waals surface area contributed by atoms with Crippen LogP contribution in [0.15, 0.2) is 29.3 Å². The van der Waals surface area contributed by atoms with E-state index in [1.165, 1.54) is 12.8 Å². The zero-order valence-electron chi connectivity index (χ0n) is 15.0. The molecule has 1 aromatic carbocycles. The van der Waals surface area contributed by atoms with Crippen LogP contribution in [-0.2, 0) is 4.74 Å². The van der Waals surface area contributed by atoms with E-state index in [1.54, 1.807) is 0 Å². The van der Waals surface area contributed by atoms with Crippen LogP contribution in [-0.4, -0.2) is 56.9 Å². The topological polar surface area (TPSA) is 46.1 Å². The molecule has 5 nitrogen and oxygen atoms in total. The van der Waals surface area contributed by atoms with E-state index in [1.807, 2.05) is 25.2 Å². The lowest BCUT2D eigenvalue weighted by Gasteiger charge is -2.26. The van der Waals surface area contributed by atoms with E-state index >= 15 is 0 Å². The van der Waals surface area contributed by atoms with E-state index in [9.17, 15) is 0 Å². The van der Waals surface area contributed by atoms with Gasteiger partial charge >= 0.3 is 0 Å². The van der Waals surface area contributed by atoms with Crippen molar-refractivity contribution in [2.24, 2.45) is 10.4 Å². The van der Waals surface area contributed by atoms with Gasteiger partial charge in [0.05, 0.1) is 13.2 Å². The third-order valence-electron chi connectivity index (χ3n) is 5.10. The molecule has 3 rings (SSSR count). The number of guanidine groups is 1. The Morgan fingerprint density at radius 3 is 2.96 bits per heavy atom. The summed E-state index contributed by atoms with van der Waals surface area (Å²) in [7, 11) is 1.85. The lowest BCUT2D eigenvalue weighted by atomic mass is 9.87. The molecule has 1 aromatic rings. The molecule has 2 aliphatic heterocycles. The summed E-state index contributed by atoms with van der Waals surface area (Å²) in [5.74, 6) is 1.92. The van der Waals surface area contributed by atoms with Crippen molar-refractivity contribution in [2.75, 3.05) is 39.9 Å². The number of aliphatic imine (C=N–C) groups is 1. The van der Waals surface area contributed by atoms with Gasteiger partial charge in [0.1, 0.15) is 11.9 Å². The second-order valence-corrected chi connectivity index (χ2v) is 7.10. The largest absolute Gasteiger partial charge is 0.489 e. The molecule has 0 bridgehead atoms. The van der Waals surface area contributed by atoms with Crippen molar-refractivity contribution < 1.29 is 9.47 Å². The lowest BCUT2D eigenvalue weighted by molar-refractivity contribution is 0.156. The maximum absolute atomic E-state index is 6.04. The minimum atomic E-state index is 0.0780. The Kier molecular flexibility index (Phi) is 5.29. The average molecular weight is 331 g/mol. The van der Waals surface area contributed by atoms with Crippen molar-refractivity contribution in [3.05, 3.63) is 29.8 Å². The van der Waals surface area contributed by atoms with Gasteiger partial charge in [0.25, 0.3) is 0 Å². The minimum absolute atomic E-state index is 0.0780. The quantitative estimate of drug-likeness (QED) is 0.680. The van der Waals surface area contributed by atoms with E-state index in [0.29, 0.717) is 5.41 Å². The molecule has 2 saturated heterocycles. The van der Waals surface area contributed by atoms with E-state index in [-0.39, 0.29) is 6.10 Å². The van der Waals surface area contributed by atoms with E-state index in [4.69, 9.17) is 9.47 Å². The third-order valence-corrected chi connectivity index (χ3v) is 5.10. The van der Waals surface area contributed by atoms with Crippen molar-refractivity contribution >= 4 is 5.96 Å². The molecular formula is C19H29N3O2. The SMILES string of the molecule is CN=C(NCC(C)Oc1ccccc1C)N1CCC2(CCOC2)C1. The summed E-state index contributed by atoms with van der Waals surface area (Å²) in [5, 5.41) is 3.47. The molecule has 0 radical (unpaired) electrons. The predicted molar refractivity (Wildman–Crippen MR) is 96.7 cm³/mol. The maximum Gasteiger partial charge on any atom is 0.193 e. The fourth-order valence-electron chi connectivity index (χ4n) is 3.60. The van der Waals surface area contributed by atoms with E-state index < -0.39 is 0 Å². The normalized spacial score (nSPS) is 25.3. The zero-order chi connectivity index (χ0) is 17.0. The molecule has 0 aliphatic carbocycles. The van der Waals surface area contributed by atoms with Crippen LogP contribution in [0.4, 0.5) is 0 Å². The highest BCUT2D eigenvalue weighted by Gasteiger charge is 2.42. The van der Waals surface area contributed by atoms with Gasteiger partial charge in [-0.2, -0.15) is 0 Å². The Bertz CT molecular complexity index is 582. The zero-order valence-corrected chi connectivity index (χ0v) is 15.0. The fourth-order valence-corrected chi connectivity index (χ4v) is 3.60. The average Bonchev–Trinajstić information content (AvgIpc) is 3.21. The molecule has 0 aromatic heterocycles. The van der Waals surface area contributed by atoms with Crippen LogP contribution < -0.4 is 10.1 Å². The van der Waals surface area contributed by atoms with Crippen molar-refractivity contribution in [3.8, 4) is 5.75 Å². The molecule has 5 heteroatoms. The van der Waals surface area contributed by atoms with E-state index in [0.717, 1.165) is 50.1 Å². The Balaban J connectivity index is 1.50. The van der Waals surface area contributed by atoms with Crippen LogP contribution >= 0.6 is 0 Å². The summed E-state index contributed by atoms with van der Waals surface area (Å²) in [4.78, 5) is 6.81. The van der Waals surface area contributed by atoms with Crippen LogP contribution in [0.25, 0.3) is 0 Å². The van der Waals surface area contributed by atoms with Crippen molar-refractivity contribution in [3.63, 3.8) is 0 Å². The summed E-state index contributed by atoms with van der Waals surface area (Å²) >= 11 is 0. The number of ether oxygens (including phenoxy) is 2. The lowest BCUT2D eigenvalue weighted by Crippen LogP contribution is -2.44. The number of hydrogen-bond donors (Lipinski definition) is 1. The Morgan fingerprint density at radius 1 is 1.42 bits per heavy atom. The minimum Gasteiger partial charge on any atom is -0.489 e. The standard InChI is InChI=1S/C19H29N3O2/c1-15-6-4-5-7-17(15)24-16(2)12-21-18(20-3)22-10-8-19(13-22)9-11-23-14-19/h4-7,16H,8-14H2,1-3H3,(H,20,21). The summed E-state index contributed by atoms with van der Waals surface area (Å²) in [6, 6.07) is 8.13. The van der Waals surface area contributed by atoms with Crippen molar-refractivity contribution in [2.45, 2.75) is 32.8 Å². The number of nitrogens with one attached hydrogen (secondary N) is 1. The van der Waals surface area contributed by atoms with Gasteiger partial charge in [-0.3, -0.25) is 4.99 Å². The monoisotopic (exact) mass is 331 g/mol. The molecular weight excluding hydrogens is 302 g/mol. The van der Waals surface area contributed by atoms with Gasteiger partial charge in [-0.1, -0.05) is 18.2 Å². The molecule has 2 aliphatic rings. The smallest absolute Gasteiger partial charge is 0.193 e. The summed E-state index contributed by atoms with van der Waals surface area (Å²) in [6.45, 7) is 8.79. The molecule has 2 fully saturated rings. The van der Waals surface area contributed by atoms with Crippen LogP contribution in [0, 0.1) is 12.3 Å². The summed E-state index contributed by atoms with van der Waals surface area (Å²) in [6.07, 6.45) is 2.45. The van der Waals surface area contributed by atoms with Gasteiger partial charge < -0.3 is 19.7 Å². The first kappa shape index (κ1) is 17.1. The molecule has 24 heavy (non-hydrogen) atoms. The highest BCUT2D eigenvalue weighted by molar-refractivity contribution is 5.80. The van der Waals surface area contributed by atoms with Gasteiger partial charge in [-0.05, 0) is 38.3 Å². The number of nitrogens with zero attached hydrogens (tertiary/aromatic N) is 2. The van der Waals surface area contributed by atoms with Crippen molar-refractivity contribution in [1.29, 1.82) is 0 Å². The number of benzene rings is 1. The van der Waals surface area contributed by atoms with Crippen LogP contribution in [0.3, 0.4) is 0 Å². The number of likely N-dealkylation sites (tertiary alicyclic amines) is 1. The van der Waals surface area contributed by atoms with Gasteiger partial charge in [0.15, 0.2) is 5.96 Å². The van der Waals surface area contributed by atoms with Crippen LogP contribution in [0.1, 0.15) is 25.3 Å². The summed E-state index contributed by atoms with van der Waals surface area (Å²) < 4.78 is 11.7. The van der Waals surface area contributed by atoms with Gasteiger partial charge in [-0.25, -0.2) is 0 Å². The number of hydrogen-bond acceptors (Lipinski definition) is 3. The molecule has 2 unspecified atom stereocenters. The molecule has 2 heterocycles. The first-order valence-corrected chi connectivity index (χ1v) is 8.87. The summed E-state index contributed by atoms with van der Waals surface area (Å²) in [5.41, 5.74) is 1.51. The Morgan fingerprint density at radius 2 is 2.25 bits per heavy atom.